The van der Waals surface area contributed by atoms with E-state index in [0.29, 0.717) is 22.7 Å². The van der Waals surface area contributed by atoms with E-state index in [1.807, 2.05) is 0 Å². The standard InChI is InChI=1S/C24H25F3N4O4S/c1-2-34-23(33)20-13-7-4-3-5-9-17(13)36-22(20)29-21(32)15-12-19-28-14(16-8-6-10-35-16)11-18(24(25,26)27)31(19)30-15/h6,8,10,12,14,18,28H,2-5,7,9,11H2,1H3,(H,29,32)/t14-,18-/m0/s1. The van der Waals surface area contributed by atoms with Gasteiger partial charge in [0.05, 0.1) is 24.5 Å². The van der Waals surface area contributed by atoms with E-state index in [1.165, 1.54) is 23.7 Å². The molecule has 0 bridgehead atoms. The van der Waals surface area contributed by atoms with Crippen LogP contribution in [0.25, 0.3) is 0 Å². The molecule has 192 valence electrons. The normalized spacial score (nSPS) is 19.6. The highest BCUT2D eigenvalue weighted by Crippen LogP contribution is 2.44. The summed E-state index contributed by atoms with van der Waals surface area (Å²) in [5.41, 5.74) is 1.03. The number of anilines is 2. The Hall–Kier alpha value is -3.28. The number of aromatic nitrogens is 2. The fraction of sp³-hybridized carbons (Fsp3) is 0.458. The third-order valence-electron chi connectivity index (χ3n) is 6.44. The second-order valence-electron chi connectivity index (χ2n) is 8.81. The molecular formula is C24H25F3N4O4S. The Kier molecular flexibility index (Phi) is 6.54. The van der Waals surface area contributed by atoms with Gasteiger partial charge in [0.2, 0.25) is 0 Å². The summed E-state index contributed by atoms with van der Waals surface area (Å²) in [5.74, 6) is -0.794. The second kappa shape index (κ2) is 9.64. The topological polar surface area (TPSA) is 98.4 Å². The van der Waals surface area contributed by atoms with E-state index in [4.69, 9.17) is 9.15 Å². The lowest BCUT2D eigenvalue weighted by molar-refractivity contribution is -0.174. The Bertz CT molecular complexity index is 1270. The summed E-state index contributed by atoms with van der Waals surface area (Å²) in [6.45, 7) is 1.89. The largest absolute Gasteiger partial charge is 0.467 e. The van der Waals surface area contributed by atoms with Gasteiger partial charge < -0.3 is 19.8 Å². The van der Waals surface area contributed by atoms with Crippen LogP contribution in [0.5, 0.6) is 0 Å². The summed E-state index contributed by atoms with van der Waals surface area (Å²) in [7, 11) is 0. The van der Waals surface area contributed by atoms with Gasteiger partial charge in [-0.15, -0.1) is 11.3 Å². The molecule has 0 saturated heterocycles. The average molecular weight is 523 g/mol. The van der Waals surface area contributed by atoms with E-state index in [-0.39, 0.29) is 24.5 Å². The van der Waals surface area contributed by atoms with Crippen LogP contribution in [0.15, 0.2) is 28.9 Å². The van der Waals surface area contributed by atoms with Crippen LogP contribution in [-0.4, -0.2) is 34.4 Å². The van der Waals surface area contributed by atoms with Crippen LogP contribution in [0, 0.1) is 0 Å². The first kappa shape index (κ1) is 24.4. The van der Waals surface area contributed by atoms with Crippen molar-refractivity contribution in [2.24, 2.45) is 0 Å². The number of hydrogen-bond acceptors (Lipinski definition) is 7. The van der Waals surface area contributed by atoms with E-state index in [9.17, 15) is 22.8 Å². The zero-order chi connectivity index (χ0) is 25.4. The van der Waals surface area contributed by atoms with Crippen molar-refractivity contribution >= 4 is 34.0 Å². The fourth-order valence-corrected chi connectivity index (χ4v) is 6.05. The number of aryl methyl sites for hydroxylation is 1. The maximum Gasteiger partial charge on any atom is 0.410 e. The van der Waals surface area contributed by atoms with Crippen molar-refractivity contribution in [2.45, 2.75) is 63.7 Å². The van der Waals surface area contributed by atoms with Gasteiger partial charge in [-0.05, 0) is 50.3 Å². The van der Waals surface area contributed by atoms with Gasteiger partial charge in [0, 0.05) is 17.4 Å². The summed E-state index contributed by atoms with van der Waals surface area (Å²) in [5, 5.41) is 10.0. The lowest BCUT2D eigenvalue weighted by atomic mass is 10.0. The van der Waals surface area contributed by atoms with Gasteiger partial charge in [-0.3, -0.25) is 4.79 Å². The van der Waals surface area contributed by atoms with Crippen molar-refractivity contribution in [3.05, 3.63) is 51.9 Å². The zero-order valence-electron chi connectivity index (χ0n) is 19.5. The Labute approximate surface area is 208 Å². The lowest BCUT2D eigenvalue weighted by Crippen LogP contribution is -2.35. The zero-order valence-corrected chi connectivity index (χ0v) is 20.3. The monoisotopic (exact) mass is 522 g/mol. The number of nitrogens with zero attached hydrogens (tertiary/aromatic N) is 2. The lowest BCUT2D eigenvalue weighted by Gasteiger charge is -2.32. The molecule has 0 aromatic carbocycles. The van der Waals surface area contributed by atoms with Crippen molar-refractivity contribution in [3.63, 3.8) is 0 Å². The number of ether oxygens (including phenoxy) is 1. The maximum absolute atomic E-state index is 13.9. The Morgan fingerprint density at radius 2 is 2.11 bits per heavy atom. The summed E-state index contributed by atoms with van der Waals surface area (Å²) >= 11 is 1.32. The van der Waals surface area contributed by atoms with Crippen LogP contribution >= 0.6 is 11.3 Å². The predicted octanol–water partition coefficient (Wildman–Crippen LogP) is 5.90. The van der Waals surface area contributed by atoms with Crippen molar-refractivity contribution in [2.75, 3.05) is 17.2 Å². The Morgan fingerprint density at radius 1 is 1.31 bits per heavy atom. The Morgan fingerprint density at radius 3 is 2.83 bits per heavy atom. The molecule has 2 N–H and O–H groups in total. The number of carbonyl (C=O) groups is 2. The number of nitrogens with one attached hydrogen (secondary N) is 2. The number of esters is 1. The number of rotatable bonds is 5. The second-order valence-corrected chi connectivity index (χ2v) is 9.91. The highest BCUT2D eigenvalue weighted by molar-refractivity contribution is 7.17. The van der Waals surface area contributed by atoms with Crippen molar-refractivity contribution in [1.29, 1.82) is 0 Å². The predicted molar refractivity (Wildman–Crippen MR) is 126 cm³/mol. The van der Waals surface area contributed by atoms with Gasteiger partial charge in [0.25, 0.3) is 5.91 Å². The van der Waals surface area contributed by atoms with Crippen LogP contribution in [0.1, 0.15) is 81.7 Å². The van der Waals surface area contributed by atoms with Crippen LogP contribution in [0.3, 0.4) is 0 Å². The van der Waals surface area contributed by atoms with Gasteiger partial charge in [0.1, 0.15) is 16.6 Å². The third kappa shape index (κ3) is 4.61. The van der Waals surface area contributed by atoms with Crippen LogP contribution < -0.4 is 10.6 Å². The van der Waals surface area contributed by atoms with Crippen molar-refractivity contribution < 1.29 is 31.9 Å². The van der Waals surface area contributed by atoms with E-state index in [1.54, 1.807) is 19.1 Å². The number of hydrogen-bond donors (Lipinski definition) is 2. The molecule has 36 heavy (non-hydrogen) atoms. The SMILES string of the molecule is CCOC(=O)c1c(NC(=O)c2cc3n(n2)[C@H](C(F)(F)F)C[C@@H](c2ccco2)N3)sc2c1CCCCC2. The third-order valence-corrected chi connectivity index (χ3v) is 7.64. The maximum atomic E-state index is 13.9. The smallest absolute Gasteiger partial charge is 0.410 e. The van der Waals surface area contributed by atoms with Crippen molar-refractivity contribution in [1.82, 2.24) is 9.78 Å². The molecule has 0 spiro atoms. The van der Waals surface area contributed by atoms with Crippen LogP contribution in [-0.2, 0) is 17.6 Å². The highest BCUT2D eigenvalue weighted by Gasteiger charge is 2.47. The number of fused-ring (bicyclic) bond motifs is 2. The van der Waals surface area contributed by atoms with E-state index in [0.717, 1.165) is 40.8 Å². The molecule has 4 heterocycles. The number of thiophene rings is 1. The molecule has 0 saturated carbocycles. The van der Waals surface area contributed by atoms with Gasteiger partial charge >= 0.3 is 12.1 Å². The summed E-state index contributed by atoms with van der Waals surface area (Å²) in [6.07, 6.45) is 0.955. The van der Waals surface area contributed by atoms with Crippen LogP contribution in [0.4, 0.5) is 24.0 Å². The number of amides is 1. The number of alkyl halides is 3. The molecule has 8 nitrogen and oxygen atoms in total. The van der Waals surface area contributed by atoms with E-state index in [2.05, 4.69) is 15.7 Å². The minimum absolute atomic E-state index is 0.0581. The molecule has 1 amide bonds. The molecule has 1 aliphatic heterocycles. The van der Waals surface area contributed by atoms with Gasteiger partial charge in [0.15, 0.2) is 11.7 Å². The first-order chi connectivity index (χ1) is 17.3. The first-order valence-electron chi connectivity index (χ1n) is 11.9. The summed E-state index contributed by atoms with van der Waals surface area (Å²) < 4.78 is 53.0. The van der Waals surface area contributed by atoms with E-state index >= 15 is 0 Å². The number of carbonyl (C=O) groups excluding carboxylic acids is 2. The van der Waals surface area contributed by atoms with Gasteiger partial charge in [-0.25, -0.2) is 9.48 Å². The average Bonchev–Trinajstić information content (AvgIpc) is 3.54. The molecule has 3 aromatic heterocycles. The van der Waals surface area contributed by atoms with Crippen LogP contribution in [0.2, 0.25) is 0 Å². The van der Waals surface area contributed by atoms with Gasteiger partial charge in [-0.1, -0.05) is 6.42 Å². The number of furan rings is 1. The first-order valence-corrected chi connectivity index (χ1v) is 12.7. The fourth-order valence-electron chi connectivity index (χ4n) is 4.78. The molecule has 1 aliphatic carbocycles. The molecule has 0 fully saturated rings. The highest BCUT2D eigenvalue weighted by atomic mass is 32.1. The number of halogens is 3. The Balaban J connectivity index is 1.45. The summed E-state index contributed by atoms with van der Waals surface area (Å²) in [6, 6.07) is 1.83. The quantitative estimate of drug-likeness (QED) is 0.320. The molecule has 2 aliphatic rings. The molecule has 12 heteroatoms. The van der Waals surface area contributed by atoms with Gasteiger partial charge in [-0.2, -0.15) is 18.3 Å². The minimum Gasteiger partial charge on any atom is -0.467 e. The molecule has 2 atom stereocenters. The molecule has 3 aromatic rings. The molecule has 0 radical (unpaired) electrons. The summed E-state index contributed by atoms with van der Waals surface area (Å²) in [4.78, 5) is 26.9. The van der Waals surface area contributed by atoms with E-state index < -0.39 is 30.1 Å². The molecule has 0 unspecified atom stereocenters. The molecular weight excluding hydrogens is 497 g/mol. The molecule has 5 rings (SSSR count). The van der Waals surface area contributed by atoms with Crippen molar-refractivity contribution in [3.8, 4) is 0 Å². The minimum atomic E-state index is -4.58.